The predicted octanol–water partition coefficient (Wildman–Crippen LogP) is 4.91. The second-order valence-corrected chi connectivity index (χ2v) is 11.2. The number of hydrogen-bond acceptors (Lipinski definition) is 7. The molecule has 2 aromatic carbocycles. The molecule has 1 fully saturated rings. The standard InChI is InChI=1S/C27H26F4N4O2S.C2H6O2/c1-4-21(36)35-15(2)13-33(14-16(35)3)25-19-12-20(27(29,30)31)22(17-6-8-18(28)9-7-17)24-23(19)34(26(37)32-25)10-5-11-38-24;1-4-2-3/h4,6-9,12,15-16H,1,5,10-11,13-14H2,2-3H3;3H,2H2,1H3. The Morgan fingerprint density at radius 2 is 1.83 bits per heavy atom. The molecule has 2 aliphatic heterocycles. The van der Waals surface area contributed by atoms with Gasteiger partial charge in [0.05, 0.1) is 11.1 Å². The van der Waals surface area contributed by atoms with Crippen LogP contribution in [-0.4, -0.2) is 70.3 Å². The van der Waals surface area contributed by atoms with Crippen molar-refractivity contribution in [1.29, 1.82) is 0 Å². The number of halogens is 4. The number of alkyl halides is 3. The van der Waals surface area contributed by atoms with Gasteiger partial charge in [0, 0.05) is 54.7 Å². The highest BCUT2D eigenvalue weighted by atomic mass is 32.2. The van der Waals surface area contributed by atoms with Gasteiger partial charge >= 0.3 is 11.9 Å². The van der Waals surface area contributed by atoms with Crippen molar-refractivity contribution in [3.8, 4) is 11.1 Å². The Hall–Kier alpha value is -3.42. The zero-order valence-electron chi connectivity index (χ0n) is 23.4. The molecule has 8 nitrogen and oxygen atoms in total. The fraction of sp³-hybridized carbons (Fsp3) is 0.414. The summed E-state index contributed by atoms with van der Waals surface area (Å²) in [5, 5.41) is 7.88. The Labute approximate surface area is 244 Å². The summed E-state index contributed by atoms with van der Waals surface area (Å²) >= 11 is 1.27. The average molecular weight is 609 g/mol. The lowest BCUT2D eigenvalue weighted by Gasteiger charge is -2.44. The first-order valence-corrected chi connectivity index (χ1v) is 14.3. The van der Waals surface area contributed by atoms with E-state index in [1.54, 1.807) is 9.80 Å². The number of hydrogen-bond donors (Lipinski definition) is 1. The molecule has 0 spiro atoms. The van der Waals surface area contributed by atoms with E-state index in [9.17, 15) is 27.2 Å². The first kappa shape index (κ1) is 31.5. The minimum Gasteiger partial charge on any atom is -0.371 e. The molecule has 0 radical (unpaired) electrons. The van der Waals surface area contributed by atoms with Crippen molar-refractivity contribution in [1.82, 2.24) is 14.5 Å². The Kier molecular flexibility index (Phi) is 9.63. The number of aromatic nitrogens is 2. The van der Waals surface area contributed by atoms with Gasteiger partial charge in [-0.1, -0.05) is 18.7 Å². The minimum atomic E-state index is -4.71. The Bertz CT molecular complexity index is 1510. The van der Waals surface area contributed by atoms with Crippen LogP contribution in [0.4, 0.5) is 23.4 Å². The molecule has 13 heteroatoms. The molecule has 42 heavy (non-hydrogen) atoms. The third-order valence-corrected chi connectivity index (χ3v) is 8.36. The lowest BCUT2D eigenvalue weighted by molar-refractivity contribution is -0.137. The largest absolute Gasteiger partial charge is 0.417 e. The first-order valence-electron chi connectivity index (χ1n) is 13.3. The summed E-state index contributed by atoms with van der Waals surface area (Å²) in [6.07, 6.45) is -2.89. The lowest BCUT2D eigenvalue weighted by Crippen LogP contribution is -2.58. The minimum absolute atomic E-state index is 0.0645. The molecule has 2 aliphatic rings. The van der Waals surface area contributed by atoms with Gasteiger partial charge in [-0.25, -0.2) is 9.18 Å². The number of anilines is 1. The van der Waals surface area contributed by atoms with Gasteiger partial charge in [0.2, 0.25) is 5.91 Å². The molecule has 0 saturated carbocycles. The van der Waals surface area contributed by atoms with E-state index in [0.717, 1.165) is 18.2 Å². The van der Waals surface area contributed by atoms with Crippen LogP contribution < -0.4 is 10.6 Å². The van der Waals surface area contributed by atoms with Gasteiger partial charge in [-0.3, -0.25) is 9.36 Å². The molecule has 3 heterocycles. The summed E-state index contributed by atoms with van der Waals surface area (Å²) < 4.78 is 63.0. The Balaban J connectivity index is 0.000000952. The van der Waals surface area contributed by atoms with E-state index in [0.29, 0.717) is 42.2 Å². The Morgan fingerprint density at radius 1 is 1.21 bits per heavy atom. The van der Waals surface area contributed by atoms with E-state index in [2.05, 4.69) is 16.3 Å². The molecule has 3 aromatic rings. The summed E-state index contributed by atoms with van der Waals surface area (Å²) in [6, 6.07) is 5.42. The number of carbonyl (C=O) groups excluding carboxylic acids is 1. The van der Waals surface area contributed by atoms with Crippen LogP contribution in [0.15, 0.2) is 52.7 Å². The fourth-order valence-electron chi connectivity index (χ4n) is 5.54. The number of methoxy groups -OCH3 is 1. The van der Waals surface area contributed by atoms with E-state index >= 15 is 0 Å². The number of nitrogens with zero attached hydrogens (tertiary/aromatic N) is 4. The second kappa shape index (κ2) is 12.8. The third kappa shape index (κ3) is 6.18. The SMILES string of the molecule is C=CC(=O)N1C(C)CN(c2nc(=O)n3c4c(c(-c5ccc(F)cc5)c(C(F)(F)F)cc24)SCCC3)CC1C.COCO. The molecule has 0 bridgehead atoms. The van der Waals surface area contributed by atoms with Crippen molar-refractivity contribution in [3.63, 3.8) is 0 Å². The van der Waals surface area contributed by atoms with Gasteiger partial charge in [0.1, 0.15) is 18.4 Å². The van der Waals surface area contributed by atoms with E-state index in [-0.39, 0.29) is 47.1 Å². The van der Waals surface area contributed by atoms with Crippen molar-refractivity contribution >= 4 is 34.4 Å². The second-order valence-electron chi connectivity index (χ2n) is 10.1. The number of piperazine rings is 1. The molecule has 1 amide bonds. The van der Waals surface area contributed by atoms with Crippen molar-refractivity contribution in [3.05, 3.63) is 64.9 Å². The topological polar surface area (TPSA) is 87.9 Å². The van der Waals surface area contributed by atoms with Crippen molar-refractivity contribution in [2.24, 2.45) is 0 Å². The highest BCUT2D eigenvalue weighted by Gasteiger charge is 2.39. The predicted molar refractivity (Wildman–Crippen MR) is 154 cm³/mol. The van der Waals surface area contributed by atoms with Gasteiger partial charge in [-0.2, -0.15) is 18.2 Å². The molecule has 2 atom stereocenters. The van der Waals surface area contributed by atoms with Gasteiger partial charge in [0.15, 0.2) is 0 Å². The lowest BCUT2D eigenvalue weighted by atomic mass is 9.96. The van der Waals surface area contributed by atoms with Crippen LogP contribution in [0.25, 0.3) is 22.0 Å². The van der Waals surface area contributed by atoms with Crippen LogP contribution in [0, 0.1) is 5.82 Å². The van der Waals surface area contributed by atoms with Gasteiger partial charge < -0.3 is 19.6 Å². The van der Waals surface area contributed by atoms with Crippen molar-refractivity contribution < 1.29 is 32.2 Å². The zero-order chi connectivity index (χ0) is 30.8. The monoisotopic (exact) mass is 608 g/mol. The van der Waals surface area contributed by atoms with Gasteiger partial charge in [-0.15, -0.1) is 11.8 Å². The van der Waals surface area contributed by atoms with Crippen LogP contribution in [0.2, 0.25) is 0 Å². The van der Waals surface area contributed by atoms with Crippen molar-refractivity contribution in [2.75, 3.05) is 37.6 Å². The molecule has 0 aliphatic carbocycles. The smallest absolute Gasteiger partial charge is 0.371 e. The molecule has 1 saturated heterocycles. The molecular weight excluding hydrogens is 576 g/mol. The number of aliphatic hydroxyl groups is 1. The number of benzene rings is 2. The summed E-state index contributed by atoms with van der Waals surface area (Å²) in [5.41, 5.74) is -0.840. The van der Waals surface area contributed by atoms with Crippen LogP contribution in [0.5, 0.6) is 0 Å². The molecule has 226 valence electrons. The molecular formula is C29H32F4N4O4S. The van der Waals surface area contributed by atoms with Crippen LogP contribution in [0.3, 0.4) is 0 Å². The van der Waals surface area contributed by atoms with E-state index in [4.69, 9.17) is 5.11 Å². The maximum Gasteiger partial charge on any atom is 0.417 e. The normalized spacial score (nSPS) is 18.8. The van der Waals surface area contributed by atoms with E-state index in [1.165, 1.54) is 41.6 Å². The summed E-state index contributed by atoms with van der Waals surface area (Å²) in [5.74, 6) is -0.101. The molecule has 2 unspecified atom stereocenters. The zero-order valence-corrected chi connectivity index (χ0v) is 24.3. The van der Waals surface area contributed by atoms with E-state index < -0.39 is 23.2 Å². The van der Waals surface area contributed by atoms with Crippen molar-refractivity contribution in [2.45, 2.75) is 50.0 Å². The maximum absolute atomic E-state index is 14.6. The number of rotatable bonds is 4. The van der Waals surface area contributed by atoms with E-state index in [1.807, 2.05) is 13.8 Å². The maximum atomic E-state index is 14.6. The number of ether oxygens (including phenoxy) is 1. The molecule has 5 rings (SSSR count). The number of aryl methyl sites for hydroxylation is 1. The summed E-state index contributed by atoms with van der Waals surface area (Å²) in [7, 11) is 1.43. The quantitative estimate of drug-likeness (QED) is 0.256. The number of thioether (sulfide) groups is 1. The van der Waals surface area contributed by atoms with Crippen LogP contribution in [0.1, 0.15) is 25.8 Å². The number of aliphatic hydroxyl groups excluding tert-OH is 1. The number of amides is 1. The third-order valence-electron chi connectivity index (χ3n) is 7.19. The average Bonchev–Trinajstić information content (AvgIpc) is 3.18. The van der Waals surface area contributed by atoms with Crippen LogP contribution >= 0.6 is 11.8 Å². The fourth-order valence-corrected chi connectivity index (χ4v) is 6.75. The molecule has 1 N–H and O–H groups in total. The highest BCUT2D eigenvalue weighted by molar-refractivity contribution is 7.99. The molecule has 1 aromatic heterocycles. The summed E-state index contributed by atoms with van der Waals surface area (Å²) in [6.45, 7) is 7.97. The number of carbonyl (C=O) groups is 1. The Morgan fingerprint density at radius 3 is 2.38 bits per heavy atom. The van der Waals surface area contributed by atoms with Gasteiger partial charge in [0.25, 0.3) is 0 Å². The van der Waals surface area contributed by atoms with Crippen LogP contribution in [-0.2, 0) is 22.3 Å². The first-order chi connectivity index (χ1) is 19.9. The highest BCUT2D eigenvalue weighted by Crippen LogP contribution is 2.48. The van der Waals surface area contributed by atoms with Gasteiger partial charge in [-0.05, 0) is 55.9 Å². The summed E-state index contributed by atoms with van der Waals surface area (Å²) in [4.78, 5) is 33.8.